The van der Waals surface area contributed by atoms with Gasteiger partial charge in [0.2, 0.25) is 5.28 Å². The van der Waals surface area contributed by atoms with Crippen LogP contribution in [0.15, 0.2) is 17.4 Å². The fraction of sp³-hybridized carbons (Fsp3) is 0.467. The third-order valence-electron chi connectivity index (χ3n) is 3.36. The minimum atomic E-state index is -1.58. The molecule has 0 spiro atoms. The van der Waals surface area contributed by atoms with Gasteiger partial charge in [-0.05, 0) is 19.9 Å². The first-order chi connectivity index (χ1) is 13.7. The number of hydrogen-bond acceptors (Lipinski definition) is 10. The molecule has 0 aliphatic heterocycles. The first-order valence-corrected chi connectivity index (χ1v) is 8.23. The Morgan fingerprint density at radius 2 is 1.65 bits per heavy atom. The number of ether oxygens (including phenoxy) is 2. The SMILES string of the molecule is CCN(CC)[N+]([O-])=NOCc1cc(OCC(=O)[O-])c(OCC(=O)O)cc1[N+](=O)[O-].[K+].[K+]. The molecule has 0 aromatic heterocycles. The number of carbonyl (C=O) groups is 2. The summed E-state index contributed by atoms with van der Waals surface area (Å²) < 4.78 is 9.85. The van der Waals surface area contributed by atoms with Gasteiger partial charge in [-0.15, -0.1) is 5.01 Å². The summed E-state index contributed by atoms with van der Waals surface area (Å²) in [6, 6.07) is 1.88. The Morgan fingerprint density at radius 3 is 2.13 bits per heavy atom. The molecule has 160 valence electrons. The minimum absolute atomic E-state index is 0. The molecule has 31 heavy (non-hydrogen) atoms. The first-order valence-electron chi connectivity index (χ1n) is 8.23. The minimum Gasteiger partial charge on any atom is -0.569 e. The van der Waals surface area contributed by atoms with E-state index >= 15 is 0 Å². The molecule has 0 saturated heterocycles. The molecule has 0 saturated carbocycles. The Labute approximate surface area is 262 Å². The van der Waals surface area contributed by atoms with Gasteiger partial charge in [-0.2, -0.15) is 0 Å². The van der Waals surface area contributed by atoms with Gasteiger partial charge in [-0.3, -0.25) is 10.1 Å². The van der Waals surface area contributed by atoms with Gasteiger partial charge in [0, 0.05) is 0 Å². The maximum absolute atomic E-state index is 11.7. The number of nitro groups is 1. The summed E-state index contributed by atoms with van der Waals surface area (Å²) in [7, 11) is 0. The number of nitrogens with zero attached hydrogens (tertiary/aromatic N) is 4. The topological polar surface area (TPSA) is 190 Å². The second-order valence-electron chi connectivity index (χ2n) is 5.27. The van der Waals surface area contributed by atoms with Gasteiger partial charge < -0.3 is 34.5 Å². The molecule has 0 aliphatic rings. The maximum atomic E-state index is 11.7. The molecule has 0 amide bonds. The van der Waals surface area contributed by atoms with Gasteiger partial charge in [0.15, 0.2) is 24.7 Å². The van der Waals surface area contributed by atoms with Crippen molar-refractivity contribution in [2.45, 2.75) is 20.5 Å². The van der Waals surface area contributed by atoms with Crippen molar-refractivity contribution in [1.82, 2.24) is 5.01 Å². The standard InChI is InChI=1S/C15H20N4O10.2K/c1-3-17(4-2)19(26)16-29-7-10-5-12(27-8-14(20)21)13(28-9-15(22)23)6-11(10)18(24)25;;/h5-6H,3-4,7-9H2,1-2H3,(H,20,21)(H,22,23);;/q;2*+1/p-1. The molecule has 16 heteroatoms. The van der Waals surface area contributed by atoms with Gasteiger partial charge >= 0.3 is 109 Å². The zero-order chi connectivity index (χ0) is 22.0. The van der Waals surface area contributed by atoms with Crippen LogP contribution in [-0.4, -0.2) is 58.3 Å². The van der Waals surface area contributed by atoms with Gasteiger partial charge in [0.25, 0.3) is 5.69 Å². The molecule has 0 radical (unpaired) electrons. The number of carboxylic acids is 2. The van der Waals surface area contributed by atoms with Crippen molar-refractivity contribution in [1.29, 1.82) is 0 Å². The van der Waals surface area contributed by atoms with E-state index in [1.165, 1.54) is 5.01 Å². The van der Waals surface area contributed by atoms with Crippen molar-refractivity contribution < 1.29 is 147 Å². The number of hydrazine groups is 1. The van der Waals surface area contributed by atoms with Crippen molar-refractivity contribution in [3.63, 3.8) is 0 Å². The maximum Gasteiger partial charge on any atom is 1.00 e. The van der Waals surface area contributed by atoms with E-state index in [0.717, 1.165) is 12.1 Å². The van der Waals surface area contributed by atoms with E-state index in [2.05, 4.69) is 5.28 Å². The zero-order valence-electron chi connectivity index (χ0n) is 17.6. The van der Waals surface area contributed by atoms with Crippen molar-refractivity contribution in [3.8, 4) is 11.5 Å². The largest absolute Gasteiger partial charge is 1.00 e. The zero-order valence-corrected chi connectivity index (χ0v) is 23.8. The van der Waals surface area contributed by atoms with E-state index in [1.807, 2.05) is 0 Å². The molecule has 1 rings (SSSR count). The van der Waals surface area contributed by atoms with Crippen LogP contribution in [0.4, 0.5) is 5.69 Å². The summed E-state index contributed by atoms with van der Waals surface area (Å²) in [4.78, 5) is 36.8. The van der Waals surface area contributed by atoms with E-state index in [1.54, 1.807) is 13.8 Å². The van der Waals surface area contributed by atoms with Crippen molar-refractivity contribution in [3.05, 3.63) is 33.0 Å². The number of carboxylic acid groups (broad SMARTS) is 2. The van der Waals surface area contributed by atoms with Crippen LogP contribution in [0, 0.1) is 15.3 Å². The van der Waals surface area contributed by atoms with E-state index in [-0.39, 0.29) is 125 Å². The van der Waals surface area contributed by atoms with Gasteiger partial charge in [-0.1, -0.05) is 0 Å². The normalized spacial score (nSPS) is 10.2. The Balaban J connectivity index is 0. The van der Waals surface area contributed by atoms with Crippen LogP contribution in [0.3, 0.4) is 0 Å². The Morgan fingerprint density at radius 1 is 1.10 bits per heavy atom. The molecule has 0 unspecified atom stereocenters. The third-order valence-corrected chi connectivity index (χ3v) is 3.36. The predicted octanol–water partition coefficient (Wildman–Crippen LogP) is -6.15. The molecular weight excluding hydrogens is 474 g/mol. The predicted molar refractivity (Wildman–Crippen MR) is 90.5 cm³/mol. The molecule has 0 heterocycles. The molecule has 0 fully saturated rings. The molecule has 0 atom stereocenters. The summed E-state index contributed by atoms with van der Waals surface area (Å²) in [5.41, 5.74) is -0.663. The Kier molecular flexibility index (Phi) is 17.9. The summed E-state index contributed by atoms with van der Waals surface area (Å²) in [6.07, 6.45) is 0. The number of hydrogen-bond donors (Lipinski definition) is 1. The number of rotatable bonds is 13. The monoisotopic (exact) mass is 493 g/mol. The summed E-state index contributed by atoms with van der Waals surface area (Å²) in [5, 5.41) is 46.9. The van der Waals surface area contributed by atoms with E-state index in [9.17, 15) is 30.0 Å². The second-order valence-corrected chi connectivity index (χ2v) is 5.27. The first kappa shape index (κ1) is 32.6. The van der Waals surface area contributed by atoms with Crippen LogP contribution in [-0.2, 0) is 21.0 Å². The average molecular weight is 494 g/mol. The number of nitro benzene ring substituents is 1. The van der Waals surface area contributed by atoms with Gasteiger partial charge in [0.05, 0.1) is 40.6 Å². The van der Waals surface area contributed by atoms with E-state index in [0.29, 0.717) is 13.1 Å². The fourth-order valence-corrected chi connectivity index (χ4v) is 2.04. The van der Waals surface area contributed by atoms with Crippen LogP contribution in [0.5, 0.6) is 11.5 Å². The molecule has 0 aliphatic carbocycles. The second kappa shape index (κ2) is 17.0. The van der Waals surface area contributed by atoms with Crippen LogP contribution < -0.4 is 117 Å². The van der Waals surface area contributed by atoms with Crippen LogP contribution in [0.1, 0.15) is 19.4 Å². The number of benzene rings is 1. The van der Waals surface area contributed by atoms with E-state index < -0.39 is 42.4 Å². The molecule has 1 aromatic rings. The van der Waals surface area contributed by atoms with E-state index in [4.69, 9.17) is 19.4 Å². The van der Waals surface area contributed by atoms with Crippen molar-refractivity contribution >= 4 is 17.6 Å². The van der Waals surface area contributed by atoms with Gasteiger partial charge in [-0.25, -0.2) is 4.79 Å². The van der Waals surface area contributed by atoms with Crippen molar-refractivity contribution in [2.75, 3.05) is 26.3 Å². The molecule has 1 aromatic carbocycles. The number of carbonyl (C=O) groups excluding carboxylic acids is 1. The summed E-state index contributed by atoms with van der Waals surface area (Å²) >= 11 is 0. The fourth-order valence-electron chi connectivity index (χ4n) is 2.04. The Hall–Kier alpha value is -0.567. The molecular formula is C15H19K2N4O10+. The average Bonchev–Trinajstić information content (AvgIpc) is 2.65. The van der Waals surface area contributed by atoms with Crippen molar-refractivity contribution in [2.24, 2.45) is 5.28 Å². The molecule has 14 nitrogen and oxygen atoms in total. The summed E-state index contributed by atoms with van der Waals surface area (Å²) in [5.74, 6) is -3.60. The van der Waals surface area contributed by atoms with Gasteiger partial charge in [0.1, 0.15) is 6.61 Å². The quantitative estimate of drug-likeness (QED) is 0.0904. The number of aliphatic carboxylic acids is 2. The van der Waals surface area contributed by atoms with Crippen LogP contribution >= 0.6 is 0 Å². The summed E-state index contributed by atoms with van der Waals surface area (Å²) in [6.45, 7) is 1.84. The van der Waals surface area contributed by atoms with Crippen LogP contribution in [0.2, 0.25) is 0 Å². The molecule has 1 N–H and O–H groups in total. The molecule has 0 bridgehead atoms. The third kappa shape index (κ3) is 11.7. The Bertz CT molecular complexity index is 789. The smallest absolute Gasteiger partial charge is 0.569 e. The van der Waals surface area contributed by atoms with Crippen LogP contribution in [0.25, 0.3) is 0 Å².